The maximum atomic E-state index is 13.3. The molecule has 30 heavy (non-hydrogen) atoms. The van der Waals surface area contributed by atoms with Crippen LogP contribution in [0.1, 0.15) is 12.0 Å². The van der Waals surface area contributed by atoms with Crippen molar-refractivity contribution in [1.82, 2.24) is 9.80 Å². The number of aromatic hydroxyl groups is 1. The maximum absolute atomic E-state index is 13.3. The molecular weight excluding hydrogens is 400 g/mol. The van der Waals surface area contributed by atoms with E-state index >= 15 is 0 Å². The lowest BCUT2D eigenvalue weighted by atomic mass is 10.1. The molecule has 1 N–H and O–H groups in total. The Morgan fingerprint density at radius 1 is 1.17 bits per heavy atom. The molecule has 2 aromatic carbocycles. The highest BCUT2D eigenvalue weighted by Crippen LogP contribution is 2.35. The first-order valence-electron chi connectivity index (χ1n) is 10.3. The number of rotatable bonds is 6. The lowest BCUT2D eigenvalue weighted by molar-refractivity contribution is -0.140. The first kappa shape index (κ1) is 21.0. The van der Waals surface area contributed by atoms with E-state index in [2.05, 4.69) is 17.0 Å². The molecule has 7 heteroatoms. The molecule has 0 aliphatic carbocycles. The summed E-state index contributed by atoms with van der Waals surface area (Å²) in [6, 6.07) is 15.2. The van der Waals surface area contributed by atoms with E-state index in [0.717, 1.165) is 24.3 Å². The standard InChI is InChI=1S/C23H28N2O4S/c1-28-18-6-8-19(9-7-18)30-20-14-21(23(27)24-10-12-29-13-11-24)25(16-20)15-17-4-2-3-5-22(17)26/h2-9,20-21,26H,10-16H2,1H3/t20-,21+/m1/s1. The minimum Gasteiger partial charge on any atom is -0.508 e. The van der Waals surface area contributed by atoms with E-state index in [1.165, 1.54) is 4.90 Å². The fourth-order valence-corrected chi connectivity index (χ4v) is 5.31. The van der Waals surface area contributed by atoms with Crippen molar-refractivity contribution in [3.8, 4) is 11.5 Å². The summed E-state index contributed by atoms with van der Waals surface area (Å²) in [5, 5.41) is 10.5. The summed E-state index contributed by atoms with van der Waals surface area (Å²) in [7, 11) is 1.66. The monoisotopic (exact) mass is 428 g/mol. The van der Waals surface area contributed by atoms with Crippen LogP contribution in [0.15, 0.2) is 53.4 Å². The first-order chi connectivity index (χ1) is 14.6. The summed E-state index contributed by atoms with van der Waals surface area (Å²) in [4.78, 5) is 18.6. The predicted molar refractivity (Wildman–Crippen MR) is 117 cm³/mol. The van der Waals surface area contributed by atoms with Gasteiger partial charge in [0.2, 0.25) is 5.91 Å². The predicted octanol–water partition coefficient (Wildman–Crippen LogP) is 2.99. The molecule has 2 aliphatic rings. The number of methoxy groups -OCH3 is 1. The second kappa shape index (κ2) is 9.73. The van der Waals surface area contributed by atoms with Gasteiger partial charge in [0.25, 0.3) is 0 Å². The molecule has 2 saturated heterocycles. The fraction of sp³-hybridized carbons (Fsp3) is 0.435. The smallest absolute Gasteiger partial charge is 0.240 e. The Hall–Kier alpha value is -2.22. The molecule has 1 amide bonds. The Morgan fingerprint density at radius 3 is 2.60 bits per heavy atom. The van der Waals surface area contributed by atoms with Crippen molar-refractivity contribution in [2.24, 2.45) is 0 Å². The van der Waals surface area contributed by atoms with Crippen LogP contribution in [0.2, 0.25) is 0 Å². The van der Waals surface area contributed by atoms with Gasteiger partial charge in [-0.05, 0) is 36.8 Å². The Labute approximate surface area is 181 Å². The molecular formula is C23H28N2O4S. The highest BCUT2D eigenvalue weighted by atomic mass is 32.2. The molecule has 0 bridgehead atoms. The molecule has 6 nitrogen and oxygen atoms in total. The fourth-order valence-electron chi connectivity index (χ4n) is 4.08. The number of amides is 1. The Kier molecular flexibility index (Phi) is 6.82. The summed E-state index contributed by atoms with van der Waals surface area (Å²) in [5.41, 5.74) is 0.854. The maximum Gasteiger partial charge on any atom is 0.240 e. The van der Waals surface area contributed by atoms with Gasteiger partial charge in [0, 0.05) is 41.9 Å². The van der Waals surface area contributed by atoms with Crippen LogP contribution in [0.3, 0.4) is 0 Å². The molecule has 2 aromatic rings. The van der Waals surface area contributed by atoms with Crippen molar-refractivity contribution in [2.45, 2.75) is 29.2 Å². The summed E-state index contributed by atoms with van der Waals surface area (Å²) in [5.74, 6) is 1.29. The molecule has 0 spiro atoms. The van der Waals surface area contributed by atoms with Crippen LogP contribution in [0.25, 0.3) is 0 Å². The number of hydrogen-bond donors (Lipinski definition) is 1. The van der Waals surface area contributed by atoms with Crippen LogP contribution < -0.4 is 4.74 Å². The minimum atomic E-state index is -0.182. The van der Waals surface area contributed by atoms with Crippen LogP contribution in [-0.4, -0.2) is 72.1 Å². The number of carbonyl (C=O) groups is 1. The highest BCUT2D eigenvalue weighted by Gasteiger charge is 2.39. The zero-order chi connectivity index (χ0) is 20.9. The molecule has 2 fully saturated rings. The summed E-state index contributed by atoms with van der Waals surface area (Å²) in [6.45, 7) is 3.86. The number of carbonyl (C=O) groups excluding carboxylic acids is 1. The number of thioether (sulfide) groups is 1. The van der Waals surface area contributed by atoms with Gasteiger partial charge in [-0.3, -0.25) is 9.69 Å². The number of likely N-dealkylation sites (tertiary alicyclic amines) is 1. The van der Waals surface area contributed by atoms with Crippen molar-refractivity contribution in [3.63, 3.8) is 0 Å². The van der Waals surface area contributed by atoms with E-state index < -0.39 is 0 Å². The SMILES string of the molecule is COc1ccc(S[C@@H]2C[C@@H](C(=O)N3CCOCC3)N(Cc3ccccc3O)C2)cc1. The van der Waals surface area contributed by atoms with Crippen molar-refractivity contribution in [1.29, 1.82) is 0 Å². The van der Waals surface area contributed by atoms with Gasteiger partial charge in [0.05, 0.1) is 26.4 Å². The zero-order valence-corrected chi connectivity index (χ0v) is 18.0. The van der Waals surface area contributed by atoms with E-state index in [9.17, 15) is 9.90 Å². The number of para-hydroxylation sites is 1. The molecule has 0 aromatic heterocycles. The third-order valence-corrected chi connectivity index (χ3v) is 6.92. The van der Waals surface area contributed by atoms with Crippen molar-refractivity contribution in [3.05, 3.63) is 54.1 Å². The number of ether oxygens (including phenoxy) is 2. The van der Waals surface area contributed by atoms with E-state index in [4.69, 9.17) is 9.47 Å². The number of morpholine rings is 1. The van der Waals surface area contributed by atoms with E-state index in [-0.39, 0.29) is 17.7 Å². The van der Waals surface area contributed by atoms with E-state index in [1.807, 2.05) is 35.2 Å². The van der Waals surface area contributed by atoms with Crippen LogP contribution in [-0.2, 0) is 16.1 Å². The number of nitrogens with zero attached hydrogens (tertiary/aromatic N) is 2. The van der Waals surface area contributed by atoms with E-state index in [1.54, 1.807) is 24.9 Å². The van der Waals surface area contributed by atoms with Gasteiger partial charge in [-0.1, -0.05) is 18.2 Å². The van der Waals surface area contributed by atoms with Gasteiger partial charge < -0.3 is 19.5 Å². The van der Waals surface area contributed by atoms with Gasteiger partial charge >= 0.3 is 0 Å². The first-order valence-corrected chi connectivity index (χ1v) is 11.2. The molecule has 0 saturated carbocycles. The van der Waals surface area contributed by atoms with Crippen LogP contribution in [0.4, 0.5) is 0 Å². The topological polar surface area (TPSA) is 62.2 Å². The average molecular weight is 429 g/mol. The van der Waals surface area contributed by atoms with Crippen LogP contribution in [0, 0.1) is 0 Å². The third kappa shape index (κ3) is 4.91. The molecule has 2 heterocycles. The zero-order valence-electron chi connectivity index (χ0n) is 17.2. The quantitative estimate of drug-likeness (QED) is 0.763. The minimum absolute atomic E-state index is 0.173. The molecule has 160 valence electrons. The molecule has 2 atom stereocenters. The number of phenols is 1. The van der Waals surface area contributed by atoms with Crippen molar-refractivity contribution in [2.75, 3.05) is 40.0 Å². The molecule has 0 radical (unpaired) electrons. The Bertz CT molecular complexity index is 855. The van der Waals surface area contributed by atoms with Crippen LogP contribution in [0.5, 0.6) is 11.5 Å². The van der Waals surface area contributed by atoms with E-state index in [0.29, 0.717) is 38.1 Å². The molecule has 2 aliphatic heterocycles. The Morgan fingerprint density at radius 2 is 1.90 bits per heavy atom. The van der Waals surface area contributed by atoms with Gasteiger partial charge in [0.1, 0.15) is 11.5 Å². The second-order valence-electron chi connectivity index (χ2n) is 7.66. The average Bonchev–Trinajstić information content (AvgIpc) is 3.18. The third-order valence-electron chi connectivity index (χ3n) is 5.70. The van der Waals surface area contributed by atoms with Gasteiger partial charge in [-0.25, -0.2) is 0 Å². The molecule has 0 unspecified atom stereocenters. The van der Waals surface area contributed by atoms with Gasteiger partial charge in [-0.15, -0.1) is 11.8 Å². The lowest BCUT2D eigenvalue weighted by Crippen LogP contribution is -2.49. The number of hydrogen-bond acceptors (Lipinski definition) is 6. The van der Waals surface area contributed by atoms with Gasteiger partial charge in [-0.2, -0.15) is 0 Å². The summed E-state index contributed by atoms with van der Waals surface area (Å²) >= 11 is 1.80. The number of phenolic OH excluding ortho intramolecular Hbond substituents is 1. The highest BCUT2D eigenvalue weighted by molar-refractivity contribution is 8.00. The Balaban J connectivity index is 1.49. The van der Waals surface area contributed by atoms with Crippen molar-refractivity contribution < 1.29 is 19.4 Å². The second-order valence-corrected chi connectivity index (χ2v) is 9.04. The molecule has 4 rings (SSSR count). The van der Waals surface area contributed by atoms with Crippen LogP contribution >= 0.6 is 11.8 Å². The summed E-state index contributed by atoms with van der Waals surface area (Å²) in [6.07, 6.45) is 0.792. The summed E-state index contributed by atoms with van der Waals surface area (Å²) < 4.78 is 10.7. The largest absolute Gasteiger partial charge is 0.508 e. The van der Waals surface area contributed by atoms with Gasteiger partial charge in [0.15, 0.2) is 0 Å². The normalized spacial score (nSPS) is 22.2. The van der Waals surface area contributed by atoms with Crippen molar-refractivity contribution >= 4 is 17.7 Å². The number of benzene rings is 2. The lowest BCUT2D eigenvalue weighted by Gasteiger charge is -2.32.